The molecule has 3 rings (SSSR count). The summed E-state index contributed by atoms with van der Waals surface area (Å²) >= 11 is 1.23. The first-order valence-corrected chi connectivity index (χ1v) is 11.7. The number of rotatable bonds is 7. The molecular formula is C20H23N3O5S2. The number of hydrogen-bond acceptors (Lipinski definition) is 7. The Morgan fingerprint density at radius 1 is 1.13 bits per heavy atom. The highest BCUT2D eigenvalue weighted by Gasteiger charge is 2.26. The maximum atomic E-state index is 12.6. The molecule has 0 saturated carbocycles. The molecule has 1 aliphatic rings. The Labute approximate surface area is 180 Å². The zero-order valence-corrected chi connectivity index (χ0v) is 18.3. The van der Waals surface area contributed by atoms with Gasteiger partial charge in [0.15, 0.2) is 5.78 Å². The van der Waals surface area contributed by atoms with Crippen molar-refractivity contribution >= 4 is 39.2 Å². The third kappa shape index (κ3) is 5.45. The van der Waals surface area contributed by atoms with Gasteiger partial charge in [-0.15, -0.1) is 0 Å². The number of hydrogen-bond donors (Lipinski definition) is 1. The highest BCUT2D eigenvalue weighted by atomic mass is 32.2. The number of nitrogens with one attached hydrogen (secondary N) is 1. The van der Waals surface area contributed by atoms with Crippen molar-refractivity contribution in [2.45, 2.75) is 29.0 Å². The second-order valence-corrected chi connectivity index (χ2v) is 10.0. The number of thioether (sulfide) groups is 1. The van der Waals surface area contributed by atoms with E-state index in [1.807, 2.05) is 0 Å². The van der Waals surface area contributed by atoms with Crippen molar-refractivity contribution in [3.63, 3.8) is 0 Å². The number of ketones is 1. The first-order valence-electron chi connectivity index (χ1n) is 9.40. The number of carbonyl (C=O) groups excluding carboxylic acids is 2. The van der Waals surface area contributed by atoms with E-state index in [9.17, 15) is 18.0 Å². The number of nitrogens with zero attached hydrogens (tertiary/aromatic N) is 2. The van der Waals surface area contributed by atoms with Crippen LogP contribution in [0.25, 0.3) is 0 Å². The van der Waals surface area contributed by atoms with Gasteiger partial charge in [0.2, 0.25) is 15.9 Å². The molecule has 1 atom stereocenters. The molecule has 30 heavy (non-hydrogen) atoms. The van der Waals surface area contributed by atoms with Gasteiger partial charge in [-0.05, 0) is 50.2 Å². The molecule has 8 nitrogen and oxygen atoms in total. The second kappa shape index (κ2) is 9.69. The summed E-state index contributed by atoms with van der Waals surface area (Å²) in [5.41, 5.74) is 1.17. The van der Waals surface area contributed by atoms with Crippen LogP contribution in [-0.4, -0.2) is 61.0 Å². The number of amides is 1. The lowest BCUT2D eigenvalue weighted by Crippen LogP contribution is -2.40. The predicted molar refractivity (Wildman–Crippen MR) is 114 cm³/mol. The highest BCUT2D eigenvalue weighted by molar-refractivity contribution is 8.00. The van der Waals surface area contributed by atoms with E-state index in [0.29, 0.717) is 42.6 Å². The second-order valence-electron chi connectivity index (χ2n) is 6.73. The van der Waals surface area contributed by atoms with Crippen LogP contribution in [-0.2, 0) is 19.6 Å². The van der Waals surface area contributed by atoms with E-state index in [2.05, 4.69) is 10.3 Å². The Morgan fingerprint density at radius 3 is 2.37 bits per heavy atom. The molecule has 2 aromatic rings. The number of Topliss-reactive ketones (excluding diaryl/α,β-unsaturated/α-hetero) is 1. The number of aromatic nitrogens is 1. The minimum atomic E-state index is -3.60. The van der Waals surface area contributed by atoms with E-state index in [1.165, 1.54) is 35.3 Å². The molecule has 1 unspecified atom stereocenters. The molecule has 10 heteroatoms. The van der Waals surface area contributed by atoms with Crippen LogP contribution in [0.15, 0.2) is 52.5 Å². The summed E-state index contributed by atoms with van der Waals surface area (Å²) < 4.78 is 31.9. The maximum absolute atomic E-state index is 12.6. The van der Waals surface area contributed by atoms with Crippen LogP contribution in [0.3, 0.4) is 0 Å². The molecule has 1 N–H and O–H groups in total. The van der Waals surface area contributed by atoms with E-state index >= 15 is 0 Å². The molecule has 160 valence electrons. The van der Waals surface area contributed by atoms with Crippen LogP contribution in [0.1, 0.15) is 24.2 Å². The van der Waals surface area contributed by atoms with Gasteiger partial charge < -0.3 is 10.1 Å². The first kappa shape index (κ1) is 22.4. The quantitative estimate of drug-likeness (QED) is 0.511. The summed E-state index contributed by atoms with van der Waals surface area (Å²) in [6.45, 7) is 4.63. The summed E-state index contributed by atoms with van der Waals surface area (Å²) in [6, 6.07) is 9.77. The number of sulfonamides is 1. The minimum absolute atomic E-state index is 0.0399. The Balaban J connectivity index is 1.60. The summed E-state index contributed by atoms with van der Waals surface area (Å²) in [6.07, 6.45) is 1.32. The average molecular weight is 450 g/mol. The van der Waals surface area contributed by atoms with E-state index in [1.54, 1.807) is 37.3 Å². The lowest BCUT2D eigenvalue weighted by Gasteiger charge is -2.25. The van der Waals surface area contributed by atoms with Gasteiger partial charge in [-0.25, -0.2) is 13.4 Å². The van der Waals surface area contributed by atoms with Crippen LogP contribution < -0.4 is 5.32 Å². The minimum Gasteiger partial charge on any atom is -0.379 e. The van der Waals surface area contributed by atoms with Crippen LogP contribution in [0, 0.1) is 0 Å². The summed E-state index contributed by atoms with van der Waals surface area (Å²) in [5.74, 6) is -0.260. The largest absolute Gasteiger partial charge is 0.379 e. The Morgan fingerprint density at radius 2 is 1.80 bits per heavy atom. The smallest absolute Gasteiger partial charge is 0.244 e. The van der Waals surface area contributed by atoms with E-state index in [-0.39, 0.29) is 16.6 Å². The number of morpholine rings is 1. The molecule has 1 saturated heterocycles. The Hall–Kier alpha value is -2.27. The van der Waals surface area contributed by atoms with Gasteiger partial charge in [-0.3, -0.25) is 9.59 Å². The lowest BCUT2D eigenvalue weighted by atomic mass is 10.1. The average Bonchev–Trinajstić information content (AvgIpc) is 2.75. The van der Waals surface area contributed by atoms with Crippen LogP contribution in [0.5, 0.6) is 0 Å². The third-order valence-electron chi connectivity index (χ3n) is 4.54. The monoisotopic (exact) mass is 449 g/mol. The maximum Gasteiger partial charge on any atom is 0.244 e. The van der Waals surface area contributed by atoms with Crippen molar-refractivity contribution in [1.29, 1.82) is 0 Å². The fourth-order valence-electron chi connectivity index (χ4n) is 2.79. The van der Waals surface area contributed by atoms with Crippen molar-refractivity contribution in [3.05, 3.63) is 48.2 Å². The molecule has 0 aliphatic carbocycles. The van der Waals surface area contributed by atoms with Crippen molar-refractivity contribution in [2.75, 3.05) is 31.6 Å². The molecule has 2 heterocycles. The fourth-order valence-corrected chi connectivity index (χ4v) is 4.93. The van der Waals surface area contributed by atoms with Gasteiger partial charge in [0, 0.05) is 30.5 Å². The number of pyridine rings is 1. The number of benzene rings is 1. The molecule has 1 aromatic heterocycles. The molecule has 1 amide bonds. The number of anilines is 1. The fraction of sp³-hybridized carbons (Fsp3) is 0.350. The Kier molecular flexibility index (Phi) is 7.24. The summed E-state index contributed by atoms with van der Waals surface area (Å²) in [4.78, 5) is 28.1. The summed E-state index contributed by atoms with van der Waals surface area (Å²) in [5, 5.41) is 2.89. The molecule has 1 aromatic carbocycles. The van der Waals surface area contributed by atoms with Crippen LogP contribution >= 0.6 is 11.8 Å². The highest BCUT2D eigenvalue weighted by Crippen LogP contribution is 2.24. The van der Waals surface area contributed by atoms with Gasteiger partial charge >= 0.3 is 0 Å². The topological polar surface area (TPSA) is 106 Å². The molecule has 0 bridgehead atoms. The molecule has 0 radical (unpaired) electrons. The SMILES string of the molecule is CC(=O)c1ccc(NC(=O)C(C)Sc2ccc(S(=O)(=O)N3CCOCC3)cn2)cc1. The van der Waals surface area contributed by atoms with Gasteiger partial charge in [0.05, 0.1) is 23.5 Å². The van der Waals surface area contributed by atoms with Crippen molar-refractivity contribution in [1.82, 2.24) is 9.29 Å². The predicted octanol–water partition coefficient (Wildman–Crippen LogP) is 2.42. The normalized spacial score (nSPS) is 16.1. The van der Waals surface area contributed by atoms with Crippen LogP contribution in [0.2, 0.25) is 0 Å². The van der Waals surface area contributed by atoms with E-state index in [0.717, 1.165) is 0 Å². The zero-order chi connectivity index (χ0) is 21.7. The summed E-state index contributed by atoms with van der Waals surface area (Å²) in [7, 11) is -3.60. The molecule has 0 spiro atoms. The lowest BCUT2D eigenvalue weighted by molar-refractivity contribution is -0.115. The van der Waals surface area contributed by atoms with Crippen molar-refractivity contribution in [3.8, 4) is 0 Å². The van der Waals surface area contributed by atoms with Crippen molar-refractivity contribution in [2.24, 2.45) is 0 Å². The van der Waals surface area contributed by atoms with Gasteiger partial charge in [-0.2, -0.15) is 4.31 Å². The van der Waals surface area contributed by atoms with E-state index in [4.69, 9.17) is 4.74 Å². The van der Waals surface area contributed by atoms with Gasteiger partial charge in [0.25, 0.3) is 0 Å². The van der Waals surface area contributed by atoms with Gasteiger partial charge in [-0.1, -0.05) is 11.8 Å². The Bertz CT molecular complexity index is 1000. The number of ether oxygens (including phenoxy) is 1. The first-order chi connectivity index (χ1) is 14.3. The third-order valence-corrected chi connectivity index (χ3v) is 7.48. The number of carbonyl (C=O) groups is 2. The van der Waals surface area contributed by atoms with Gasteiger partial charge in [0.1, 0.15) is 4.90 Å². The molecule has 1 aliphatic heterocycles. The van der Waals surface area contributed by atoms with Crippen molar-refractivity contribution < 1.29 is 22.7 Å². The van der Waals surface area contributed by atoms with Crippen LogP contribution in [0.4, 0.5) is 5.69 Å². The zero-order valence-electron chi connectivity index (χ0n) is 16.7. The molecule has 1 fully saturated rings. The molecular weight excluding hydrogens is 426 g/mol. The standard InChI is InChI=1S/C20H23N3O5S2/c1-14(24)16-3-5-17(6-4-16)22-20(25)15(2)29-19-8-7-18(13-21-19)30(26,27)23-9-11-28-12-10-23/h3-8,13,15H,9-12H2,1-2H3,(H,22,25). The van der Waals surface area contributed by atoms with E-state index < -0.39 is 15.3 Å².